The zero-order valence-electron chi connectivity index (χ0n) is 17.3. The lowest BCUT2D eigenvalue weighted by Crippen LogP contribution is -2.50. The second kappa shape index (κ2) is 8.35. The number of amides is 1. The van der Waals surface area contributed by atoms with E-state index in [1.54, 1.807) is 12.5 Å². The van der Waals surface area contributed by atoms with Gasteiger partial charge in [0.15, 0.2) is 0 Å². The van der Waals surface area contributed by atoms with Crippen molar-refractivity contribution in [1.82, 2.24) is 23.9 Å². The van der Waals surface area contributed by atoms with Gasteiger partial charge in [0, 0.05) is 75.4 Å². The zero-order valence-corrected chi connectivity index (χ0v) is 17.3. The Bertz CT molecular complexity index is 946. The molecule has 0 unspecified atom stereocenters. The summed E-state index contributed by atoms with van der Waals surface area (Å²) in [7, 11) is 0. The Morgan fingerprint density at radius 3 is 2.97 bits per heavy atom. The Balaban J connectivity index is 1.32. The van der Waals surface area contributed by atoms with E-state index in [0.717, 1.165) is 56.9 Å². The van der Waals surface area contributed by atoms with Crippen molar-refractivity contribution in [3.05, 3.63) is 52.5 Å². The van der Waals surface area contributed by atoms with E-state index >= 15 is 0 Å². The van der Waals surface area contributed by atoms with Crippen molar-refractivity contribution in [2.45, 2.75) is 38.4 Å². The SMILES string of the molecule is O=C(Cn1ccnc1)N1C[C@@H]2C[C@H](C1)c1ccc(CN3CCCOCC3)c(=O)n1C2. The number of nitrogens with zero attached hydrogens (tertiary/aromatic N) is 5. The highest BCUT2D eigenvalue weighted by Gasteiger charge is 2.36. The van der Waals surface area contributed by atoms with Gasteiger partial charge >= 0.3 is 0 Å². The molecule has 0 N–H and O–H groups in total. The Morgan fingerprint density at radius 2 is 2.10 bits per heavy atom. The van der Waals surface area contributed by atoms with Gasteiger partial charge in [0.1, 0.15) is 6.54 Å². The lowest BCUT2D eigenvalue weighted by molar-refractivity contribution is -0.134. The smallest absolute Gasteiger partial charge is 0.255 e. The van der Waals surface area contributed by atoms with Crippen LogP contribution in [0.5, 0.6) is 0 Å². The van der Waals surface area contributed by atoms with E-state index < -0.39 is 0 Å². The lowest BCUT2D eigenvalue weighted by Gasteiger charge is -2.43. The number of hydrogen-bond acceptors (Lipinski definition) is 5. The first-order valence-corrected chi connectivity index (χ1v) is 10.9. The third kappa shape index (κ3) is 3.94. The molecule has 8 heteroatoms. The van der Waals surface area contributed by atoms with Crippen LogP contribution < -0.4 is 5.56 Å². The molecule has 5 heterocycles. The van der Waals surface area contributed by atoms with Crippen molar-refractivity contribution in [2.75, 3.05) is 39.4 Å². The molecule has 2 fully saturated rings. The van der Waals surface area contributed by atoms with Gasteiger partial charge in [-0.05, 0) is 24.8 Å². The molecule has 0 radical (unpaired) electrons. The molecule has 3 aliphatic rings. The highest BCUT2D eigenvalue weighted by Crippen LogP contribution is 2.35. The van der Waals surface area contributed by atoms with Gasteiger partial charge in [0.25, 0.3) is 5.56 Å². The summed E-state index contributed by atoms with van der Waals surface area (Å²) < 4.78 is 9.33. The predicted molar refractivity (Wildman–Crippen MR) is 111 cm³/mol. The van der Waals surface area contributed by atoms with Crippen LogP contribution in [0.1, 0.15) is 30.0 Å². The number of carbonyl (C=O) groups excluding carboxylic acids is 1. The highest BCUT2D eigenvalue weighted by molar-refractivity contribution is 5.76. The molecule has 160 valence electrons. The number of carbonyl (C=O) groups is 1. The van der Waals surface area contributed by atoms with Gasteiger partial charge in [-0.3, -0.25) is 14.5 Å². The summed E-state index contributed by atoms with van der Waals surface area (Å²) in [5.74, 6) is 0.693. The number of fused-ring (bicyclic) bond motifs is 4. The molecule has 2 aromatic rings. The predicted octanol–water partition coefficient (Wildman–Crippen LogP) is 0.913. The normalized spacial score (nSPS) is 24.3. The monoisotopic (exact) mass is 411 g/mol. The maximum atomic E-state index is 13.2. The van der Waals surface area contributed by atoms with Gasteiger partial charge < -0.3 is 18.8 Å². The molecule has 30 heavy (non-hydrogen) atoms. The summed E-state index contributed by atoms with van der Waals surface area (Å²) in [6.07, 6.45) is 7.25. The number of aromatic nitrogens is 3. The number of imidazole rings is 1. The Morgan fingerprint density at radius 1 is 1.17 bits per heavy atom. The minimum atomic E-state index is 0.124. The summed E-state index contributed by atoms with van der Waals surface area (Å²) in [6.45, 7) is 6.52. The van der Waals surface area contributed by atoms with Crippen LogP contribution in [-0.2, 0) is 29.2 Å². The van der Waals surface area contributed by atoms with Gasteiger partial charge in [-0.1, -0.05) is 6.07 Å². The number of ether oxygens (including phenoxy) is 1. The fourth-order valence-electron chi connectivity index (χ4n) is 5.15. The second-order valence-corrected chi connectivity index (χ2v) is 8.77. The first kappa shape index (κ1) is 19.5. The van der Waals surface area contributed by atoms with Crippen molar-refractivity contribution in [3.63, 3.8) is 0 Å². The maximum absolute atomic E-state index is 13.2. The van der Waals surface area contributed by atoms with Crippen molar-refractivity contribution >= 4 is 5.91 Å². The minimum absolute atomic E-state index is 0.124. The highest BCUT2D eigenvalue weighted by atomic mass is 16.5. The molecule has 5 rings (SSSR count). The summed E-state index contributed by atoms with van der Waals surface area (Å²) in [5.41, 5.74) is 2.10. The molecule has 0 aromatic carbocycles. The van der Waals surface area contributed by atoms with Crippen LogP contribution in [0.25, 0.3) is 0 Å². The number of likely N-dealkylation sites (tertiary alicyclic amines) is 1. The summed E-state index contributed by atoms with van der Waals surface area (Å²) >= 11 is 0. The Labute approximate surface area is 176 Å². The zero-order chi connectivity index (χ0) is 20.5. The number of pyridine rings is 1. The van der Waals surface area contributed by atoms with E-state index in [1.165, 1.54) is 0 Å². The van der Waals surface area contributed by atoms with Crippen LogP contribution in [0, 0.1) is 5.92 Å². The first-order valence-electron chi connectivity index (χ1n) is 10.9. The average molecular weight is 412 g/mol. The van der Waals surface area contributed by atoms with E-state index in [1.807, 2.05) is 26.3 Å². The third-order valence-electron chi connectivity index (χ3n) is 6.62. The van der Waals surface area contributed by atoms with Crippen molar-refractivity contribution in [2.24, 2.45) is 5.92 Å². The molecule has 2 bridgehead atoms. The maximum Gasteiger partial charge on any atom is 0.255 e. The van der Waals surface area contributed by atoms with Crippen LogP contribution in [0.15, 0.2) is 35.6 Å². The Hall–Kier alpha value is -2.45. The summed E-state index contributed by atoms with van der Waals surface area (Å²) in [6, 6.07) is 4.13. The second-order valence-electron chi connectivity index (χ2n) is 8.77. The van der Waals surface area contributed by atoms with E-state index in [4.69, 9.17) is 4.74 Å². The van der Waals surface area contributed by atoms with Gasteiger partial charge in [0.2, 0.25) is 5.91 Å². The Kier molecular flexibility index (Phi) is 5.43. The molecular weight excluding hydrogens is 382 g/mol. The van der Waals surface area contributed by atoms with Crippen molar-refractivity contribution in [1.29, 1.82) is 0 Å². The standard InChI is InChI=1S/C22H29N5O3/c28-21(15-25-6-4-23-16-25)26-11-17-10-19(14-26)20-3-2-18(22(29)27(20)12-17)13-24-5-1-8-30-9-7-24/h2-4,6,16-17,19H,1,5,7-15H2/t17-,19+/m0/s1. The molecule has 8 nitrogen and oxygen atoms in total. The number of hydrogen-bond donors (Lipinski definition) is 0. The van der Waals surface area contributed by atoms with Crippen LogP contribution in [0.2, 0.25) is 0 Å². The lowest BCUT2D eigenvalue weighted by atomic mass is 9.83. The molecular formula is C22H29N5O3. The van der Waals surface area contributed by atoms with Gasteiger partial charge in [-0.2, -0.15) is 0 Å². The largest absolute Gasteiger partial charge is 0.380 e. The quantitative estimate of drug-likeness (QED) is 0.748. The van der Waals surface area contributed by atoms with E-state index in [9.17, 15) is 9.59 Å². The molecule has 2 saturated heterocycles. The van der Waals surface area contributed by atoms with Crippen molar-refractivity contribution in [3.8, 4) is 0 Å². The van der Waals surface area contributed by atoms with Crippen molar-refractivity contribution < 1.29 is 9.53 Å². The van der Waals surface area contributed by atoms with Crippen LogP contribution in [-0.4, -0.2) is 69.2 Å². The third-order valence-corrected chi connectivity index (χ3v) is 6.62. The van der Waals surface area contributed by atoms with Gasteiger partial charge in [0.05, 0.1) is 12.9 Å². The van der Waals surface area contributed by atoms with E-state index in [-0.39, 0.29) is 17.4 Å². The van der Waals surface area contributed by atoms with Crippen LogP contribution in [0.3, 0.4) is 0 Å². The fourth-order valence-corrected chi connectivity index (χ4v) is 5.15. The van der Waals surface area contributed by atoms with Crippen LogP contribution in [0.4, 0.5) is 0 Å². The topological polar surface area (TPSA) is 72.6 Å². The van der Waals surface area contributed by atoms with E-state index in [0.29, 0.717) is 32.1 Å². The summed E-state index contributed by atoms with van der Waals surface area (Å²) in [4.78, 5) is 34.3. The fraction of sp³-hybridized carbons (Fsp3) is 0.591. The van der Waals surface area contributed by atoms with E-state index in [2.05, 4.69) is 16.0 Å². The molecule has 0 spiro atoms. The number of rotatable bonds is 4. The molecule has 0 saturated carbocycles. The molecule has 0 aliphatic carbocycles. The molecule has 2 aromatic heterocycles. The molecule has 1 amide bonds. The first-order chi connectivity index (χ1) is 14.7. The minimum Gasteiger partial charge on any atom is -0.380 e. The van der Waals surface area contributed by atoms with Crippen LogP contribution >= 0.6 is 0 Å². The van der Waals surface area contributed by atoms with Gasteiger partial charge in [-0.15, -0.1) is 0 Å². The number of piperidine rings is 1. The molecule has 2 atom stereocenters. The average Bonchev–Trinajstić information content (AvgIpc) is 3.12. The van der Waals surface area contributed by atoms with Gasteiger partial charge in [-0.25, -0.2) is 4.98 Å². The molecule has 3 aliphatic heterocycles. The summed E-state index contributed by atoms with van der Waals surface area (Å²) in [5, 5.41) is 0.